The van der Waals surface area contributed by atoms with Gasteiger partial charge in [-0.1, -0.05) is 27.3 Å². The van der Waals surface area contributed by atoms with E-state index in [1.165, 1.54) is 6.07 Å². The summed E-state index contributed by atoms with van der Waals surface area (Å²) in [6, 6.07) is 4.55. The Morgan fingerprint density at radius 1 is 1.47 bits per heavy atom. The Morgan fingerprint density at radius 3 is 3.00 bits per heavy atom. The highest BCUT2D eigenvalue weighted by atomic mass is 35.5. The quantitative estimate of drug-likeness (QED) is 0.901. The maximum Gasteiger partial charge on any atom is 0.225 e. The molecule has 1 N–H and O–H groups in total. The van der Waals surface area contributed by atoms with E-state index >= 15 is 0 Å². The van der Waals surface area contributed by atoms with Crippen LogP contribution in [0.4, 0.5) is 9.52 Å². The first-order valence-corrected chi connectivity index (χ1v) is 5.23. The Kier molecular flexibility index (Phi) is 3.08. The molecule has 0 spiro atoms. The largest absolute Gasteiger partial charge is 0.355 e. The monoisotopic (exact) mass is 244 g/mol. The van der Waals surface area contributed by atoms with Crippen LogP contribution in [0.2, 0.25) is 5.02 Å². The molecule has 0 aliphatic heterocycles. The smallest absolute Gasteiger partial charge is 0.225 e. The van der Waals surface area contributed by atoms with Crippen molar-refractivity contribution < 1.29 is 4.39 Å². The van der Waals surface area contributed by atoms with Crippen LogP contribution >= 0.6 is 23.1 Å². The number of nitrogens with one attached hydrogen (secondary N) is 1. The molecule has 0 radical (unpaired) electrons. The molecule has 7 heteroatoms. The molecular weight excluding hydrogens is 239 g/mol. The number of rotatable bonds is 3. The molecule has 0 aliphatic rings. The fourth-order valence-electron chi connectivity index (χ4n) is 1.03. The summed E-state index contributed by atoms with van der Waals surface area (Å²) in [6.45, 7) is 0.511. The first-order valence-electron chi connectivity index (χ1n) is 4.08. The number of hydrogen-bond acceptors (Lipinski definition) is 5. The van der Waals surface area contributed by atoms with Crippen molar-refractivity contribution >= 4 is 28.3 Å². The summed E-state index contributed by atoms with van der Waals surface area (Å²) >= 11 is 6.79. The third-order valence-corrected chi connectivity index (χ3v) is 2.57. The molecule has 1 heterocycles. The fourth-order valence-corrected chi connectivity index (χ4v) is 1.59. The molecule has 78 valence electrons. The molecule has 0 unspecified atom stereocenters. The number of benzene rings is 1. The minimum atomic E-state index is -0.419. The van der Waals surface area contributed by atoms with Crippen LogP contribution in [0.1, 0.15) is 5.56 Å². The molecule has 1 aromatic carbocycles. The second kappa shape index (κ2) is 4.50. The minimum Gasteiger partial charge on any atom is -0.355 e. The maximum absolute atomic E-state index is 12.8. The Labute approximate surface area is 94.2 Å². The number of hydrogen-bond donors (Lipinski definition) is 1. The lowest BCUT2D eigenvalue weighted by Crippen LogP contribution is -1.99. The van der Waals surface area contributed by atoms with Gasteiger partial charge in [-0.25, -0.2) is 4.39 Å². The first-order chi connectivity index (χ1) is 7.25. The van der Waals surface area contributed by atoms with Crippen molar-refractivity contribution in [3.05, 3.63) is 34.6 Å². The minimum absolute atomic E-state index is 0.115. The predicted octanol–water partition coefficient (Wildman–Crippen LogP) is 2.34. The molecule has 1 aromatic heterocycles. The van der Waals surface area contributed by atoms with Gasteiger partial charge in [0.1, 0.15) is 5.82 Å². The van der Waals surface area contributed by atoms with Crippen molar-refractivity contribution in [2.45, 2.75) is 6.54 Å². The van der Waals surface area contributed by atoms with Gasteiger partial charge in [-0.3, -0.25) is 0 Å². The lowest BCUT2D eigenvalue weighted by molar-refractivity contribution is 0.627. The molecule has 0 amide bonds. The van der Waals surface area contributed by atoms with E-state index in [1.807, 2.05) is 0 Å². The molecule has 0 fully saturated rings. The molecule has 0 bridgehead atoms. The lowest BCUT2D eigenvalue weighted by atomic mass is 10.2. The Hall–Kier alpha value is -1.27. The van der Waals surface area contributed by atoms with Gasteiger partial charge in [-0.05, 0) is 22.9 Å². The van der Waals surface area contributed by atoms with Crippen molar-refractivity contribution in [2.24, 2.45) is 0 Å². The van der Waals surface area contributed by atoms with E-state index < -0.39 is 5.82 Å². The van der Waals surface area contributed by atoms with Crippen LogP contribution in [0.15, 0.2) is 18.2 Å². The van der Waals surface area contributed by atoms with Gasteiger partial charge in [0.25, 0.3) is 0 Å². The summed E-state index contributed by atoms with van der Waals surface area (Å²) in [4.78, 5) is 0. The van der Waals surface area contributed by atoms with Gasteiger partial charge in [0, 0.05) is 18.1 Å². The van der Waals surface area contributed by atoms with Crippen molar-refractivity contribution in [2.75, 3.05) is 5.32 Å². The van der Waals surface area contributed by atoms with Crippen LogP contribution in [0.5, 0.6) is 0 Å². The Morgan fingerprint density at radius 2 is 2.33 bits per heavy atom. The zero-order chi connectivity index (χ0) is 10.7. The van der Waals surface area contributed by atoms with Gasteiger partial charge in [-0.15, -0.1) is 0 Å². The van der Waals surface area contributed by atoms with Gasteiger partial charge in [0.15, 0.2) is 0 Å². The highest BCUT2D eigenvalue weighted by molar-refractivity contribution is 7.09. The Bertz CT molecular complexity index is 448. The van der Waals surface area contributed by atoms with Gasteiger partial charge in [0.05, 0.1) is 5.02 Å². The van der Waals surface area contributed by atoms with Crippen molar-refractivity contribution in [1.82, 2.24) is 14.8 Å². The third kappa shape index (κ3) is 2.60. The molecular formula is C8H6ClFN4S. The van der Waals surface area contributed by atoms with Gasteiger partial charge >= 0.3 is 0 Å². The van der Waals surface area contributed by atoms with Gasteiger partial charge in [0.2, 0.25) is 5.13 Å². The van der Waals surface area contributed by atoms with Crippen molar-refractivity contribution in [3.63, 3.8) is 0 Å². The van der Waals surface area contributed by atoms with Crippen LogP contribution in [0.3, 0.4) is 0 Å². The average Bonchev–Trinajstić information content (AvgIpc) is 2.73. The fraction of sp³-hybridized carbons (Fsp3) is 0.125. The number of anilines is 1. The van der Waals surface area contributed by atoms with E-state index in [0.717, 1.165) is 17.1 Å². The first kappa shape index (κ1) is 10.3. The summed E-state index contributed by atoms with van der Waals surface area (Å²) in [6.07, 6.45) is 0. The molecule has 4 nitrogen and oxygen atoms in total. The number of halogens is 2. The molecule has 2 rings (SSSR count). The van der Waals surface area contributed by atoms with Gasteiger partial charge < -0.3 is 5.32 Å². The zero-order valence-electron chi connectivity index (χ0n) is 7.44. The standard InChI is InChI=1S/C8H6ClFN4S/c9-6-3-5(1-2-7(6)10)4-11-8-12-13-14-15-8/h1-3H,4H2,(H,11,12,14). The normalized spacial score (nSPS) is 10.3. The van der Waals surface area contributed by atoms with Crippen LogP contribution in [-0.2, 0) is 6.54 Å². The third-order valence-electron chi connectivity index (χ3n) is 1.73. The second-order valence-electron chi connectivity index (χ2n) is 2.77. The van der Waals surface area contributed by atoms with Crippen LogP contribution < -0.4 is 5.32 Å². The van der Waals surface area contributed by atoms with E-state index in [1.54, 1.807) is 12.1 Å². The van der Waals surface area contributed by atoms with E-state index in [-0.39, 0.29) is 5.02 Å². The number of aromatic nitrogens is 3. The topological polar surface area (TPSA) is 50.7 Å². The molecule has 0 saturated carbocycles. The molecule has 0 atom stereocenters. The predicted molar refractivity (Wildman–Crippen MR) is 56.4 cm³/mol. The molecule has 0 aliphatic carbocycles. The van der Waals surface area contributed by atoms with Gasteiger partial charge in [-0.2, -0.15) is 0 Å². The van der Waals surface area contributed by atoms with E-state index in [4.69, 9.17) is 11.6 Å². The lowest BCUT2D eigenvalue weighted by Gasteiger charge is -2.02. The summed E-state index contributed by atoms with van der Waals surface area (Å²) in [5.74, 6) is -0.419. The van der Waals surface area contributed by atoms with E-state index in [0.29, 0.717) is 11.7 Å². The van der Waals surface area contributed by atoms with Crippen LogP contribution in [-0.4, -0.2) is 14.8 Å². The summed E-state index contributed by atoms with van der Waals surface area (Å²) in [7, 11) is 0. The highest BCUT2D eigenvalue weighted by Gasteiger charge is 2.02. The van der Waals surface area contributed by atoms with Crippen LogP contribution in [0, 0.1) is 5.82 Å². The highest BCUT2D eigenvalue weighted by Crippen LogP contribution is 2.17. The molecule has 15 heavy (non-hydrogen) atoms. The molecule has 0 saturated heterocycles. The van der Waals surface area contributed by atoms with Crippen molar-refractivity contribution in [1.29, 1.82) is 0 Å². The summed E-state index contributed by atoms with van der Waals surface area (Å²) < 4.78 is 16.4. The summed E-state index contributed by atoms with van der Waals surface area (Å²) in [5.41, 5.74) is 0.872. The zero-order valence-corrected chi connectivity index (χ0v) is 9.02. The van der Waals surface area contributed by atoms with E-state index in [2.05, 4.69) is 20.1 Å². The molecule has 2 aromatic rings. The number of nitrogens with zero attached hydrogens (tertiary/aromatic N) is 3. The van der Waals surface area contributed by atoms with E-state index in [9.17, 15) is 4.39 Å². The summed E-state index contributed by atoms with van der Waals surface area (Å²) in [5, 5.41) is 10.9. The second-order valence-corrected chi connectivity index (χ2v) is 3.91. The average molecular weight is 245 g/mol. The Balaban J connectivity index is 2.02. The van der Waals surface area contributed by atoms with Crippen LogP contribution in [0.25, 0.3) is 0 Å². The van der Waals surface area contributed by atoms with Crippen molar-refractivity contribution in [3.8, 4) is 0 Å². The maximum atomic E-state index is 12.8. The SMILES string of the molecule is Fc1ccc(CNc2nnns2)cc1Cl.